The SMILES string of the molecule is C[C@H]1CNCCN1c1nccnc1Cl. The lowest BCUT2D eigenvalue weighted by Gasteiger charge is -2.34. The monoisotopic (exact) mass is 212 g/mol. The summed E-state index contributed by atoms with van der Waals surface area (Å²) in [6, 6.07) is 0.415. The topological polar surface area (TPSA) is 41.0 Å². The van der Waals surface area contributed by atoms with Crippen molar-refractivity contribution in [2.75, 3.05) is 24.5 Å². The minimum absolute atomic E-state index is 0.415. The van der Waals surface area contributed by atoms with Gasteiger partial charge in [0.2, 0.25) is 0 Å². The highest BCUT2D eigenvalue weighted by atomic mass is 35.5. The summed E-state index contributed by atoms with van der Waals surface area (Å²) >= 11 is 5.99. The summed E-state index contributed by atoms with van der Waals surface area (Å²) in [5, 5.41) is 3.81. The van der Waals surface area contributed by atoms with Crippen LogP contribution in [0.3, 0.4) is 0 Å². The molecule has 0 spiro atoms. The van der Waals surface area contributed by atoms with E-state index in [9.17, 15) is 0 Å². The molecule has 0 unspecified atom stereocenters. The Kier molecular flexibility index (Phi) is 2.84. The molecule has 1 aromatic rings. The first-order valence-electron chi connectivity index (χ1n) is 4.73. The number of anilines is 1. The molecule has 1 saturated heterocycles. The maximum Gasteiger partial charge on any atom is 0.171 e. The van der Waals surface area contributed by atoms with Gasteiger partial charge >= 0.3 is 0 Å². The third-order valence-corrected chi connectivity index (χ3v) is 2.68. The van der Waals surface area contributed by atoms with E-state index in [1.54, 1.807) is 12.4 Å². The minimum Gasteiger partial charge on any atom is -0.349 e. The van der Waals surface area contributed by atoms with Crippen LogP contribution in [0.1, 0.15) is 6.92 Å². The average molecular weight is 213 g/mol. The molecule has 0 radical (unpaired) electrons. The number of nitrogens with one attached hydrogen (secondary N) is 1. The van der Waals surface area contributed by atoms with Gasteiger partial charge in [-0.3, -0.25) is 0 Å². The molecule has 0 amide bonds. The summed E-state index contributed by atoms with van der Waals surface area (Å²) in [4.78, 5) is 10.5. The first-order chi connectivity index (χ1) is 6.79. The molecular formula is C9H13ClN4. The number of piperazine rings is 1. The van der Waals surface area contributed by atoms with Crippen LogP contribution in [0.4, 0.5) is 5.82 Å². The van der Waals surface area contributed by atoms with E-state index < -0.39 is 0 Å². The molecule has 0 aliphatic carbocycles. The van der Waals surface area contributed by atoms with E-state index in [4.69, 9.17) is 11.6 Å². The van der Waals surface area contributed by atoms with Gasteiger partial charge in [0, 0.05) is 38.1 Å². The van der Waals surface area contributed by atoms with Gasteiger partial charge in [0.15, 0.2) is 11.0 Å². The average Bonchev–Trinajstić information content (AvgIpc) is 2.20. The Labute approximate surface area is 88.3 Å². The highest BCUT2D eigenvalue weighted by molar-refractivity contribution is 6.31. The van der Waals surface area contributed by atoms with Crippen molar-refractivity contribution in [2.24, 2.45) is 0 Å². The van der Waals surface area contributed by atoms with Gasteiger partial charge in [0.05, 0.1) is 0 Å². The van der Waals surface area contributed by atoms with Gasteiger partial charge < -0.3 is 10.2 Å². The second kappa shape index (κ2) is 4.11. The summed E-state index contributed by atoms with van der Waals surface area (Å²) in [6.45, 7) is 5.01. The Hall–Kier alpha value is -0.870. The summed E-state index contributed by atoms with van der Waals surface area (Å²) in [5.41, 5.74) is 0. The van der Waals surface area contributed by atoms with Gasteiger partial charge in [-0.2, -0.15) is 0 Å². The maximum atomic E-state index is 5.99. The van der Waals surface area contributed by atoms with Crippen molar-refractivity contribution >= 4 is 17.4 Å². The number of hydrogen-bond acceptors (Lipinski definition) is 4. The van der Waals surface area contributed by atoms with Crippen molar-refractivity contribution in [2.45, 2.75) is 13.0 Å². The lowest BCUT2D eigenvalue weighted by molar-refractivity contribution is 0.496. The fourth-order valence-electron chi connectivity index (χ4n) is 1.66. The summed E-state index contributed by atoms with van der Waals surface area (Å²) in [6.07, 6.45) is 3.29. The smallest absolute Gasteiger partial charge is 0.171 e. The molecule has 1 N–H and O–H groups in total. The maximum absolute atomic E-state index is 5.99. The largest absolute Gasteiger partial charge is 0.349 e. The van der Waals surface area contributed by atoms with Crippen LogP contribution < -0.4 is 10.2 Å². The van der Waals surface area contributed by atoms with Gasteiger partial charge in [-0.05, 0) is 6.92 Å². The van der Waals surface area contributed by atoms with Crippen LogP contribution in [-0.2, 0) is 0 Å². The van der Waals surface area contributed by atoms with Crippen molar-refractivity contribution in [1.29, 1.82) is 0 Å². The normalized spacial score (nSPS) is 22.4. The van der Waals surface area contributed by atoms with Gasteiger partial charge in [-0.1, -0.05) is 11.6 Å². The van der Waals surface area contributed by atoms with Crippen LogP contribution in [0.25, 0.3) is 0 Å². The van der Waals surface area contributed by atoms with E-state index >= 15 is 0 Å². The predicted octanol–water partition coefficient (Wildman–Crippen LogP) is 0.928. The van der Waals surface area contributed by atoms with Crippen LogP contribution >= 0.6 is 11.6 Å². The summed E-state index contributed by atoms with van der Waals surface area (Å²) in [7, 11) is 0. The number of hydrogen-bond donors (Lipinski definition) is 1. The lowest BCUT2D eigenvalue weighted by Crippen LogP contribution is -2.50. The molecule has 4 nitrogen and oxygen atoms in total. The second-order valence-electron chi connectivity index (χ2n) is 3.42. The minimum atomic E-state index is 0.415. The number of nitrogens with zero attached hydrogens (tertiary/aromatic N) is 3. The standard InChI is InChI=1S/C9H13ClN4/c1-7-6-11-4-5-14(7)9-8(10)12-2-3-13-9/h2-3,7,11H,4-6H2,1H3/t7-/m0/s1. The molecule has 76 valence electrons. The molecule has 14 heavy (non-hydrogen) atoms. The van der Waals surface area contributed by atoms with Gasteiger partial charge in [0.1, 0.15) is 0 Å². The zero-order chi connectivity index (χ0) is 9.97. The van der Waals surface area contributed by atoms with Crippen LogP contribution in [0.2, 0.25) is 5.15 Å². The van der Waals surface area contributed by atoms with Crippen molar-refractivity contribution < 1.29 is 0 Å². The number of rotatable bonds is 1. The van der Waals surface area contributed by atoms with E-state index in [0.29, 0.717) is 11.2 Å². The third kappa shape index (κ3) is 1.81. The fraction of sp³-hybridized carbons (Fsp3) is 0.556. The quantitative estimate of drug-likeness (QED) is 0.752. The van der Waals surface area contributed by atoms with Gasteiger partial charge in [-0.25, -0.2) is 9.97 Å². The second-order valence-corrected chi connectivity index (χ2v) is 3.78. The third-order valence-electron chi connectivity index (χ3n) is 2.41. The van der Waals surface area contributed by atoms with Crippen molar-refractivity contribution in [3.8, 4) is 0 Å². The zero-order valence-corrected chi connectivity index (χ0v) is 8.83. The number of halogens is 1. The Balaban J connectivity index is 2.25. The van der Waals surface area contributed by atoms with Crippen molar-refractivity contribution in [3.63, 3.8) is 0 Å². The molecule has 2 rings (SSSR count). The fourth-order valence-corrected chi connectivity index (χ4v) is 1.88. The highest BCUT2D eigenvalue weighted by Gasteiger charge is 2.21. The van der Waals surface area contributed by atoms with Crippen molar-refractivity contribution in [1.82, 2.24) is 15.3 Å². The summed E-state index contributed by atoms with van der Waals surface area (Å²) < 4.78 is 0. The Morgan fingerprint density at radius 3 is 3.00 bits per heavy atom. The summed E-state index contributed by atoms with van der Waals surface area (Å²) in [5.74, 6) is 0.795. The molecule has 1 atom stereocenters. The Morgan fingerprint density at radius 1 is 1.50 bits per heavy atom. The van der Waals surface area contributed by atoms with Crippen LogP contribution in [0, 0.1) is 0 Å². The molecule has 5 heteroatoms. The first kappa shape index (κ1) is 9.68. The van der Waals surface area contributed by atoms with Gasteiger partial charge in [-0.15, -0.1) is 0 Å². The number of aromatic nitrogens is 2. The first-order valence-corrected chi connectivity index (χ1v) is 5.10. The van der Waals surface area contributed by atoms with Crippen LogP contribution in [-0.4, -0.2) is 35.6 Å². The molecule has 1 aliphatic rings. The van der Waals surface area contributed by atoms with E-state index in [0.717, 1.165) is 25.5 Å². The lowest BCUT2D eigenvalue weighted by atomic mass is 10.2. The molecule has 1 fully saturated rings. The molecule has 0 aromatic carbocycles. The molecule has 1 aromatic heterocycles. The predicted molar refractivity (Wildman–Crippen MR) is 56.7 cm³/mol. The molecule has 1 aliphatic heterocycles. The van der Waals surface area contributed by atoms with Crippen LogP contribution in [0.5, 0.6) is 0 Å². The van der Waals surface area contributed by atoms with Crippen molar-refractivity contribution in [3.05, 3.63) is 17.5 Å². The van der Waals surface area contributed by atoms with E-state index in [2.05, 4.69) is 27.1 Å². The van der Waals surface area contributed by atoms with Crippen LogP contribution in [0.15, 0.2) is 12.4 Å². The van der Waals surface area contributed by atoms with Gasteiger partial charge in [0.25, 0.3) is 0 Å². The van der Waals surface area contributed by atoms with E-state index in [1.807, 2.05) is 0 Å². The Bertz CT molecular complexity index is 317. The Morgan fingerprint density at radius 2 is 2.29 bits per heavy atom. The molecule has 0 saturated carbocycles. The molecule has 2 heterocycles. The molecule has 0 bridgehead atoms. The molecular weight excluding hydrogens is 200 g/mol. The van der Waals surface area contributed by atoms with E-state index in [-0.39, 0.29) is 0 Å². The zero-order valence-electron chi connectivity index (χ0n) is 8.07. The highest BCUT2D eigenvalue weighted by Crippen LogP contribution is 2.22. The van der Waals surface area contributed by atoms with E-state index in [1.165, 1.54) is 0 Å².